The summed E-state index contributed by atoms with van der Waals surface area (Å²) in [6, 6.07) is 20.6. The Morgan fingerprint density at radius 1 is 0.852 bits per heavy atom. The van der Waals surface area contributed by atoms with Gasteiger partial charge in [0.25, 0.3) is 0 Å². The minimum Gasteiger partial charge on any atom is -0.508 e. The zero-order valence-corrected chi connectivity index (χ0v) is 15.6. The summed E-state index contributed by atoms with van der Waals surface area (Å²) in [5.74, 6) is 0.361. The minimum atomic E-state index is 0.0615. The van der Waals surface area contributed by atoms with Crippen LogP contribution in [0.15, 0.2) is 73.1 Å². The second-order valence-electron chi connectivity index (χ2n) is 7.10. The predicted molar refractivity (Wildman–Crippen MR) is 109 cm³/mol. The molecule has 0 saturated carbocycles. The molecular weight excluding hydrogens is 334 g/mol. The Kier molecular flexibility index (Phi) is 5.07. The van der Waals surface area contributed by atoms with Crippen LogP contribution in [0, 0.1) is 6.92 Å². The molecule has 0 aliphatic carbocycles. The summed E-state index contributed by atoms with van der Waals surface area (Å²) in [4.78, 5) is 8.98. The van der Waals surface area contributed by atoms with Crippen LogP contribution in [0.4, 0.5) is 5.69 Å². The van der Waals surface area contributed by atoms with Crippen molar-refractivity contribution in [3.8, 4) is 5.75 Å². The molecule has 1 aliphatic rings. The molecule has 0 amide bonds. The van der Waals surface area contributed by atoms with Crippen molar-refractivity contribution >= 4 is 5.69 Å². The SMILES string of the molecule is Cc1ccc(C(c2ccccc2O)N2CCN(c3ccncc3)CC2)cc1. The summed E-state index contributed by atoms with van der Waals surface area (Å²) in [6.45, 7) is 5.90. The molecule has 1 aromatic heterocycles. The van der Waals surface area contributed by atoms with Crippen LogP contribution in [-0.2, 0) is 0 Å². The normalized spacial score (nSPS) is 16.3. The smallest absolute Gasteiger partial charge is 0.120 e. The van der Waals surface area contributed by atoms with Crippen LogP contribution < -0.4 is 4.90 Å². The van der Waals surface area contributed by atoms with E-state index in [-0.39, 0.29) is 6.04 Å². The first-order valence-electron chi connectivity index (χ1n) is 9.46. The van der Waals surface area contributed by atoms with E-state index >= 15 is 0 Å². The number of hydrogen-bond donors (Lipinski definition) is 1. The Morgan fingerprint density at radius 2 is 1.52 bits per heavy atom. The standard InChI is InChI=1S/C23H25N3O/c1-18-6-8-19(9-7-18)23(21-4-2-3-5-22(21)27)26-16-14-25(15-17-26)20-10-12-24-13-11-20/h2-13,23,27H,14-17H2,1H3. The average molecular weight is 359 g/mol. The fraction of sp³-hybridized carbons (Fsp3) is 0.261. The number of piperazine rings is 1. The van der Waals surface area contributed by atoms with Crippen molar-refractivity contribution in [2.24, 2.45) is 0 Å². The van der Waals surface area contributed by atoms with E-state index in [2.05, 4.69) is 58.1 Å². The van der Waals surface area contributed by atoms with E-state index in [1.165, 1.54) is 16.8 Å². The summed E-state index contributed by atoms with van der Waals surface area (Å²) in [5, 5.41) is 10.5. The number of rotatable bonds is 4. The number of phenols is 1. The molecule has 1 atom stereocenters. The van der Waals surface area contributed by atoms with Gasteiger partial charge in [0.05, 0.1) is 6.04 Å². The van der Waals surface area contributed by atoms with Crippen molar-refractivity contribution in [2.45, 2.75) is 13.0 Å². The molecule has 2 aromatic carbocycles. The van der Waals surface area contributed by atoms with E-state index in [9.17, 15) is 5.11 Å². The largest absolute Gasteiger partial charge is 0.508 e. The van der Waals surface area contributed by atoms with Crippen molar-refractivity contribution in [3.63, 3.8) is 0 Å². The Morgan fingerprint density at radius 3 is 2.19 bits per heavy atom. The lowest BCUT2D eigenvalue weighted by Gasteiger charge is -2.40. The monoisotopic (exact) mass is 359 g/mol. The Bertz CT molecular complexity index is 872. The molecular formula is C23H25N3O. The van der Waals surface area contributed by atoms with Gasteiger partial charge in [-0.2, -0.15) is 0 Å². The number of para-hydroxylation sites is 1. The number of benzene rings is 2. The van der Waals surface area contributed by atoms with Crippen molar-refractivity contribution in [1.29, 1.82) is 0 Å². The summed E-state index contributed by atoms with van der Waals surface area (Å²) in [6.07, 6.45) is 3.69. The van der Waals surface area contributed by atoms with E-state index in [0.29, 0.717) is 5.75 Å². The molecule has 0 spiro atoms. The number of aryl methyl sites for hydroxylation is 1. The van der Waals surface area contributed by atoms with Gasteiger partial charge in [-0.25, -0.2) is 0 Å². The van der Waals surface area contributed by atoms with Gasteiger partial charge in [-0.3, -0.25) is 9.88 Å². The zero-order valence-electron chi connectivity index (χ0n) is 15.6. The molecule has 2 heterocycles. The maximum atomic E-state index is 10.5. The Hall–Kier alpha value is -2.85. The molecule has 4 nitrogen and oxygen atoms in total. The van der Waals surface area contributed by atoms with Gasteiger partial charge in [0.1, 0.15) is 5.75 Å². The first-order valence-corrected chi connectivity index (χ1v) is 9.46. The van der Waals surface area contributed by atoms with E-state index in [0.717, 1.165) is 31.7 Å². The molecule has 0 bridgehead atoms. The average Bonchev–Trinajstić information content (AvgIpc) is 2.72. The highest BCUT2D eigenvalue weighted by atomic mass is 16.3. The van der Waals surface area contributed by atoms with E-state index in [4.69, 9.17) is 0 Å². The summed E-state index contributed by atoms with van der Waals surface area (Å²) in [5.41, 5.74) is 4.66. The first-order chi connectivity index (χ1) is 13.2. The van der Waals surface area contributed by atoms with Crippen molar-refractivity contribution in [3.05, 3.63) is 89.7 Å². The van der Waals surface area contributed by atoms with E-state index < -0.39 is 0 Å². The van der Waals surface area contributed by atoms with Crippen molar-refractivity contribution in [1.82, 2.24) is 9.88 Å². The minimum absolute atomic E-state index is 0.0615. The van der Waals surface area contributed by atoms with Crippen LogP contribution in [-0.4, -0.2) is 41.2 Å². The second-order valence-corrected chi connectivity index (χ2v) is 7.10. The molecule has 1 aliphatic heterocycles. The number of anilines is 1. The molecule has 1 fully saturated rings. The second kappa shape index (κ2) is 7.80. The lowest BCUT2D eigenvalue weighted by molar-refractivity contribution is 0.209. The fourth-order valence-corrected chi connectivity index (χ4v) is 3.85. The van der Waals surface area contributed by atoms with Gasteiger partial charge >= 0.3 is 0 Å². The van der Waals surface area contributed by atoms with Gasteiger partial charge in [-0.05, 0) is 30.7 Å². The molecule has 4 rings (SSSR count). The van der Waals surface area contributed by atoms with Gasteiger partial charge in [-0.15, -0.1) is 0 Å². The molecule has 27 heavy (non-hydrogen) atoms. The third-order valence-electron chi connectivity index (χ3n) is 5.33. The molecule has 1 unspecified atom stereocenters. The molecule has 1 saturated heterocycles. The van der Waals surface area contributed by atoms with Gasteiger partial charge in [0.2, 0.25) is 0 Å². The lowest BCUT2D eigenvalue weighted by atomic mass is 9.95. The molecule has 1 N–H and O–H groups in total. The highest BCUT2D eigenvalue weighted by Crippen LogP contribution is 2.35. The lowest BCUT2D eigenvalue weighted by Crippen LogP contribution is -2.48. The predicted octanol–water partition coefficient (Wildman–Crippen LogP) is 4.01. The van der Waals surface area contributed by atoms with E-state index in [1.54, 1.807) is 6.07 Å². The third-order valence-corrected chi connectivity index (χ3v) is 5.33. The van der Waals surface area contributed by atoms with Crippen molar-refractivity contribution < 1.29 is 5.11 Å². The van der Waals surface area contributed by atoms with Gasteiger partial charge < -0.3 is 10.0 Å². The van der Waals surface area contributed by atoms with E-state index in [1.807, 2.05) is 30.6 Å². The summed E-state index contributed by atoms with van der Waals surface area (Å²) >= 11 is 0. The van der Waals surface area contributed by atoms with Crippen LogP contribution in [0.1, 0.15) is 22.7 Å². The Labute approximate surface area is 160 Å². The highest BCUT2D eigenvalue weighted by Gasteiger charge is 2.28. The number of pyridine rings is 1. The number of nitrogens with zero attached hydrogens (tertiary/aromatic N) is 3. The quantitative estimate of drug-likeness (QED) is 0.764. The number of phenolic OH excluding ortho intramolecular Hbond substituents is 1. The molecule has 3 aromatic rings. The fourth-order valence-electron chi connectivity index (χ4n) is 3.85. The number of hydrogen-bond acceptors (Lipinski definition) is 4. The van der Waals surface area contributed by atoms with Gasteiger partial charge in [0.15, 0.2) is 0 Å². The first kappa shape index (κ1) is 17.6. The highest BCUT2D eigenvalue weighted by molar-refractivity contribution is 5.46. The maximum absolute atomic E-state index is 10.5. The third kappa shape index (κ3) is 3.81. The number of aromatic hydroxyl groups is 1. The van der Waals surface area contributed by atoms with Crippen LogP contribution in [0.25, 0.3) is 0 Å². The van der Waals surface area contributed by atoms with Gasteiger partial charge in [0, 0.05) is 49.8 Å². The summed E-state index contributed by atoms with van der Waals surface area (Å²) in [7, 11) is 0. The van der Waals surface area contributed by atoms with Crippen LogP contribution >= 0.6 is 0 Å². The molecule has 4 heteroatoms. The maximum Gasteiger partial charge on any atom is 0.120 e. The topological polar surface area (TPSA) is 39.6 Å². The van der Waals surface area contributed by atoms with Crippen molar-refractivity contribution in [2.75, 3.05) is 31.1 Å². The molecule has 0 radical (unpaired) electrons. The van der Waals surface area contributed by atoms with Gasteiger partial charge in [-0.1, -0.05) is 48.0 Å². The Balaban J connectivity index is 1.60. The zero-order chi connectivity index (χ0) is 18.6. The number of aromatic nitrogens is 1. The van der Waals surface area contributed by atoms with Crippen LogP contribution in [0.5, 0.6) is 5.75 Å². The molecule has 138 valence electrons. The van der Waals surface area contributed by atoms with Crippen LogP contribution in [0.2, 0.25) is 0 Å². The van der Waals surface area contributed by atoms with Crippen LogP contribution in [0.3, 0.4) is 0 Å². The summed E-state index contributed by atoms with van der Waals surface area (Å²) < 4.78 is 0.